The molecule has 18 heavy (non-hydrogen) atoms. The second kappa shape index (κ2) is 7.01. The zero-order valence-electron chi connectivity index (χ0n) is 11.6. The largest absolute Gasteiger partial charge is 0.414 e. The number of rotatable bonds is 5. The van der Waals surface area contributed by atoms with E-state index in [1.807, 2.05) is 24.3 Å². The number of benzene rings is 1. The van der Waals surface area contributed by atoms with Gasteiger partial charge in [0.1, 0.15) is 5.75 Å². The first-order valence-electron chi connectivity index (χ1n) is 6.20. The van der Waals surface area contributed by atoms with E-state index in [1.165, 1.54) is 4.90 Å². The van der Waals surface area contributed by atoms with Crippen LogP contribution in [0.1, 0.15) is 18.9 Å². The number of hydrogen-bond donors (Lipinski definition) is 0. The molecule has 0 heterocycles. The van der Waals surface area contributed by atoms with Crippen LogP contribution in [0, 0.1) is 0 Å². The van der Waals surface area contributed by atoms with Crippen molar-refractivity contribution in [3.8, 4) is 5.75 Å². The van der Waals surface area contributed by atoms with E-state index in [0.717, 1.165) is 25.1 Å². The molecule has 1 rings (SSSR count). The quantitative estimate of drug-likeness (QED) is 0.805. The zero-order chi connectivity index (χ0) is 13.5. The molecule has 0 aromatic heterocycles. The molecule has 0 spiro atoms. The molecule has 1 aromatic rings. The van der Waals surface area contributed by atoms with E-state index in [0.29, 0.717) is 5.75 Å². The first-order chi connectivity index (χ1) is 8.54. The van der Waals surface area contributed by atoms with E-state index >= 15 is 0 Å². The van der Waals surface area contributed by atoms with Crippen molar-refractivity contribution >= 4 is 6.09 Å². The molecule has 0 atom stereocenters. The topological polar surface area (TPSA) is 32.8 Å². The maximum absolute atomic E-state index is 11.6. The van der Waals surface area contributed by atoms with Crippen molar-refractivity contribution in [2.24, 2.45) is 0 Å². The van der Waals surface area contributed by atoms with E-state index < -0.39 is 0 Å². The van der Waals surface area contributed by atoms with Crippen molar-refractivity contribution in [2.45, 2.75) is 19.9 Å². The molecule has 4 nitrogen and oxygen atoms in total. The van der Waals surface area contributed by atoms with Gasteiger partial charge in [-0.1, -0.05) is 25.1 Å². The van der Waals surface area contributed by atoms with Gasteiger partial charge in [-0.15, -0.1) is 0 Å². The number of amides is 1. The molecule has 0 aliphatic carbocycles. The predicted octanol–water partition coefficient (Wildman–Crippen LogP) is 2.59. The smallest absolute Gasteiger partial charge is 0.410 e. The summed E-state index contributed by atoms with van der Waals surface area (Å²) >= 11 is 0. The fourth-order valence-electron chi connectivity index (χ4n) is 1.67. The molecule has 0 saturated carbocycles. The van der Waals surface area contributed by atoms with Gasteiger partial charge in [-0.2, -0.15) is 0 Å². The fourth-order valence-corrected chi connectivity index (χ4v) is 1.67. The van der Waals surface area contributed by atoms with Crippen LogP contribution in [0.2, 0.25) is 0 Å². The number of ether oxygens (including phenoxy) is 1. The van der Waals surface area contributed by atoms with Gasteiger partial charge >= 0.3 is 6.09 Å². The maximum Gasteiger partial charge on any atom is 0.414 e. The second-order valence-corrected chi connectivity index (χ2v) is 4.61. The lowest BCUT2D eigenvalue weighted by atomic mass is 10.2. The normalized spacial score (nSPS) is 10.5. The summed E-state index contributed by atoms with van der Waals surface area (Å²) in [6, 6.07) is 7.66. The number of carbonyl (C=O) groups is 1. The van der Waals surface area contributed by atoms with Crippen molar-refractivity contribution in [3.05, 3.63) is 29.8 Å². The van der Waals surface area contributed by atoms with Gasteiger partial charge in [0.2, 0.25) is 0 Å². The third-order valence-corrected chi connectivity index (χ3v) is 2.58. The van der Waals surface area contributed by atoms with Crippen molar-refractivity contribution in [1.82, 2.24) is 9.80 Å². The Morgan fingerprint density at radius 2 is 1.89 bits per heavy atom. The molecule has 0 radical (unpaired) electrons. The van der Waals surface area contributed by atoms with Gasteiger partial charge < -0.3 is 14.5 Å². The predicted molar refractivity (Wildman–Crippen MR) is 72.8 cm³/mol. The Bertz CT molecular complexity index is 391. The van der Waals surface area contributed by atoms with Crippen LogP contribution in [-0.2, 0) is 6.54 Å². The lowest BCUT2D eigenvalue weighted by Crippen LogP contribution is -2.26. The van der Waals surface area contributed by atoms with Gasteiger partial charge in [-0.3, -0.25) is 0 Å². The van der Waals surface area contributed by atoms with Gasteiger partial charge in [0.25, 0.3) is 0 Å². The highest BCUT2D eigenvalue weighted by Crippen LogP contribution is 2.20. The molecule has 0 bridgehead atoms. The summed E-state index contributed by atoms with van der Waals surface area (Å²) in [5.74, 6) is 0.638. The van der Waals surface area contributed by atoms with Crippen LogP contribution < -0.4 is 4.74 Å². The summed E-state index contributed by atoms with van der Waals surface area (Å²) in [6.45, 7) is 3.95. The average Bonchev–Trinajstić information content (AvgIpc) is 2.31. The molecule has 0 saturated heterocycles. The molecular formula is C14H22N2O2. The van der Waals surface area contributed by atoms with Gasteiger partial charge in [0.05, 0.1) is 0 Å². The Labute approximate surface area is 109 Å². The van der Waals surface area contributed by atoms with Gasteiger partial charge in [0.15, 0.2) is 0 Å². The maximum atomic E-state index is 11.6. The minimum atomic E-state index is -0.347. The number of nitrogens with zero attached hydrogens (tertiary/aromatic N) is 2. The Morgan fingerprint density at radius 1 is 1.22 bits per heavy atom. The molecule has 1 amide bonds. The average molecular weight is 250 g/mol. The van der Waals surface area contributed by atoms with Crippen LogP contribution in [-0.4, -0.2) is 43.6 Å². The number of hydrogen-bond acceptors (Lipinski definition) is 3. The molecule has 0 aliphatic heterocycles. The summed E-state index contributed by atoms with van der Waals surface area (Å²) in [6.07, 6.45) is 0.761. The van der Waals surface area contributed by atoms with Crippen molar-refractivity contribution in [1.29, 1.82) is 0 Å². The van der Waals surface area contributed by atoms with E-state index in [-0.39, 0.29) is 6.09 Å². The standard InChI is InChI=1S/C14H22N2O2/c1-5-10-16(4)11-12-8-6-7-9-13(12)18-14(17)15(2)3/h6-9H,5,10-11H2,1-4H3. The first-order valence-corrected chi connectivity index (χ1v) is 6.20. The number of carbonyl (C=O) groups excluding carboxylic acids is 1. The van der Waals surface area contributed by atoms with E-state index in [1.54, 1.807) is 14.1 Å². The van der Waals surface area contributed by atoms with Gasteiger partial charge in [0, 0.05) is 26.2 Å². The Balaban J connectivity index is 2.76. The third kappa shape index (κ3) is 4.37. The Morgan fingerprint density at radius 3 is 2.50 bits per heavy atom. The molecule has 0 N–H and O–H groups in total. The molecule has 0 unspecified atom stereocenters. The highest BCUT2D eigenvalue weighted by molar-refractivity contribution is 5.70. The lowest BCUT2D eigenvalue weighted by molar-refractivity contribution is 0.171. The summed E-state index contributed by atoms with van der Waals surface area (Å²) in [7, 11) is 5.41. The van der Waals surface area contributed by atoms with Crippen LogP contribution >= 0.6 is 0 Å². The number of para-hydroxylation sites is 1. The van der Waals surface area contributed by atoms with Gasteiger partial charge in [-0.25, -0.2) is 4.79 Å². The van der Waals surface area contributed by atoms with Crippen molar-refractivity contribution < 1.29 is 9.53 Å². The highest BCUT2D eigenvalue weighted by Gasteiger charge is 2.11. The third-order valence-electron chi connectivity index (χ3n) is 2.58. The molecule has 0 fully saturated rings. The Hall–Kier alpha value is -1.55. The SMILES string of the molecule is CCCN(C)Cc1ccccc1OC(=O)N(C)C. The van der Waals surface area contributed by atoms with Gasteiger partial charge in [-0.05, 0) is 26.1 Å². The minimum Gasteiger partial charge on any atom is -0.410 e. The lowest BCUT2D eigenvalue weighted by Gasteiger charge is -2.18. The zero-order valence-corrected chi connectivity index (χ0v) is 11.6. The van der Waals surface area contributed by atoms with E-state index in [4.69, 9.17) is 4.74 Å². The van der Waals surface area contributed by atoms with Crippen LogP contribution in [0.4, 0.5) is 4.79 Å². The fraction of sp³-hybridized carbons (Fsp3) is 0.500. The van der Waals surface area contributed by atoms with Crippen LogP contribution in [0.25, 0.3) is 0 Å². The summed E-state index contributed by atoms with van der Waals surface area (Å²) < 4.78 is 5.35. The first kappa shape index (κ1) is 14.5. The summed E-state index contributed by atoms with van der Waals surface area (Å²) in [5.41, 5.74) is 1.03. The highest BCUT2D eigenvalue weighted by atomic mass is 16.6. The Kier molecular flexibility index (Phi) is 5.65. The molecule has 100 valence electrons. The van der Waals surface area contributed by atoms with Crippen LogP contribution in [0.5, 0.6) is 5.75 Å². The molecule has 1 aromatic carbocycles. The van der Waals surface area contributed by atoms with Crippen LogP contribution in [0.15, 0.2) is 24.3 Å². The van der Waals surface area contributed by atoms with Crippen molar-refractivity contribution in [3.63, 3.8) is 0 Å². The molecular weight excluding hydrogens is 228 g/mol. The monoisotopic (exact) mass is 250 g/mol. The minimum absolute atomic E-state index is 0.347. The summed E-state index contributed by atoms with van der Waals surface area (Å²) in [5, 5.41) is 0. The van der Waals surface area contributed by atoms with Crippen LogP contribution in [0.3, 0.4) is 0 Å². The van der Waals surface area contributed by atoms with Crippen molar-refractivity contribution in [2.75, 3.05) is 27.7 Å². The summed E-state index contributed by atoms with van der Waals surface area (Å²) in [4.78, 5) is 15.2. The second-order valence-electron chi connectivity index (χ2n) is 4.61. The van der Waals surface area contributed by atoms with E-state index in [2.05, 4.69) is 18.9 Å². The molecule has 0 aliphatic rings. The molecule has 4 heteroatoms. The van der Waals surface area contributed by atoms with E-state index in [9.17, 15) is 4.79 Å².